The molecule has 0 heterocycles. The second-order valence-corrected chi connectivity index (χ2v) is 7.94. The van der Waals surface area contributed by atoms with Crippen molar-refractivity contribution < 1.29 is 0 Å². The summed E-state index contributed by atoms with van der Waals surface area (Å²) in [7, 11) is 0. The first-order valence-corrected chi connectivity index (χ1v) is 10.1. The van der Waals surface area contributed by atoms with E-state index in [1.807, 2.05) is 0 Å². The van der Waals surface area contributed by atoms with Gasteiger partial charge >= 0.3 is 0 Å². The summed E-state index contributed by atoms with van der Waals surface area (Å²) in [5.74, 6) is 0. The topological polar surface area (TPSA) is 12.0 Å². The van der Waals surface area contributed by atoms with Gasteiger partial charge in [-0.05, 0) is 37.5 Å². The quantitative estimate of drug-likeness (QED) is 0.375. The lowest BCUT2D eigenvalue weighted by Gasteiger charge is -2.42. The molecule has 21 heavy (non-hydrogen) atoms. The van der Waals surface area contributed by atoms with Crippen molar-refractivity contribution in [2.75, 3.05) is 6.54 Å². The van der Waals surface area contributed by atoms with Crippen LogP contribution in [0.4, 0.5) is 0 Å². The van der Waals surface area contributed by atoms with E-state index in [1.54, 1.807) is 0 Å². The Morgan fingerprint density at radius 2 is 1.38 bits per heavy atom. The van der Waals surface area contributed by atoms with Gasteiger partial charge in [0.1, 0.15) is 0 Å². The van der Waals surface area contributed by atoms with Gasteiger partial charge in [-0.1, -0.05) is 77.6 Å². The van der Waals surface area contributed by atoms with Gasteiger partial charge < -0.3 is 5.32 Å². The summed E-state index contributed by atoms with van der Waals surface area (Å²) in [6.07, 6.45) is 23.5. The average molecular weight is 294 g/mol. The Labute approximate surface area is 133 Å². The molecule has 2 fully saturated rings. The van der Waals surface area contributed by atoms with Crippen molar-refractivity contribution >= 4 is 0 Å². The second kappa shape index (κ2) is 9.87. The first-order chi connectivity index (χ1) is 10.3. The van der Waals surface area contributed by atoms with Gasteiger partial charge in [0.05, 0.1) is 0 Å². The van der Waals surface area contributed by atoms with E-state index in [0.717, 1.165) is 11.5 Å². The lowest BCUT2D eigenvalue weighted by atomic mass is 9.65. The summed E-state index contributed by atoms with van der Waals surface area (Å²) in [4.78, 5) is 0. The fourth-order valence-electron chi connectivity index (χ4n) is 3.83. The van der Waals surface area contributed by atoms with Crippen molar-refractivity contribution in [3.63, 3.8) is 0 Å². The van der Waals surface area contributed by atoms with E-state index in [0.29, 0.717) is 0 Å². The van der Waals surface area contributed by atoms with E-state index < -0.39 is 0 Å². The fourth-order valence-corrected chi connectivity index (χ4v) is 3.83. The molecule has 0 atom stereocenters. The molecule has 0 radical (unpaired) electrons. The SMILES string of the molecule is CCCCCCCCCCCCC1(CNC2CC2)CCC1. The molecule has 2 aliphatic rings. The molecule has 124 valence electrons. The Balaban J connectivity index is 1.38. The van der Waals surface area contributed by atoms with Crippen LogP contribution in [-0.2, 0) is 0 Å². The summed E-state index contributed by atoms with van der Waals surface area (Å²) >= 11 is 0. The molecule has 0 aromatic carbocycles. The molecule has 2 aliphatic carbocycles. The van der Waals surface area contributed by atoms with Crippen LogP contribution in [0, 0.1) is 5.41 Å². The van der Waals surface area contributed by atoms with E-state index in [1.165, 1.54) is 109 Å². The molecular weight excluding hydrogens is 254 g/mol. The van der Waals surface area contributed by atoms with Crippen molar-refractivity contribution in [2.24, 2.45) is 5.41 Å². The van der Waals surface area contributed by atoms with Crippen molar-refractivity contribution in [3.05, 3.63) is 0 Å². The second-order valence-electron chi connectivity index (χ2n) is 7.94. The lowest BCUT2D eigenvalue weighted by molar-refractivity contribution is 0.112. The molecule has 0 bridgehead atoms. The normalized spacial score (nSPS) is 20.4. The standard InChI is InChI=1S/C20H39N/c1-2-3-4-5-6-7-8-9-10-11-15-20(16-12-17-20)18-21-19-13-14-19/h19,21H,2-18H2,1H3. The fraction of sp³-hybridized carbons (Fsp3) is 1.00. The van der Waals surface area contributed by atoms with Gasteiger partial charge in [-0.25, -0.2) is 0 Å². The van der Waals surface area contributed by atoms with E-state index in [4.69, 9.17) is 0 Å². The van der Waals surface area contributed by atoms with Crippen LogP contribution >= 0.6 is 0 Å². The molecule has 0 unspecified atom stereocenters. The van der Waals surface area contributed by atoms with Crippen molar-refractivity contribution in [1.29, 1.82) is 0 Å². The highest BCUT2D eigenvalue weighted by atomic mass is 15.0. The molecule has 0 saturated heterocycles. The monoisotopic (exact) mass is 293 g/mol. The zero-order valence-corrected chi connectivity index (χ0v) is 14.6. The Bertz CT molecular complexity index is 253. The first-order valence-electron chi connectivity index (χ1n) is 10.1. The molecule has 2 rings (SSSR count). The highest BCUT2D eigenvalue weighted by molar-refractivity contribution is 4.92. The molecule has 1 heteroatoms. The highest BCUT2D eigenvalue weighted by Crippen LogP contribution is 2.45. The zero-order valence-electron chi connectivity index (χ0n) is 14.6. The number of unbranched alkanes of at least 4 members (excludes halogenated alkanes) is 9. The molecule has 0 amide bonds. The third-order valence-corrected chi connectivity index (χ3v) is 5.82. The largest absolute Gasteiger partial charge is 0.313 e. The predicted octanol–water partition coefficient (Wildman–Crippen LogP) is 6.22. The maximum atomic E-state index is 3.78. The van der Waals surface area contributed by atoms with Gasteiger partial charge in [0.15, 0.2) is 0 Å². The van der Waals surface area contributed by atoms with Gasteiger partial charge in [0.25, 0.3) is 0 Å². The lowest BCUT2D eigenvalue weighted by Crippen LogP contribution is -2.40. The summed E-state index contributed by atoms with van der Waals surface area (Å²) in [6, 6.07) is 0.898. The Morgan fingerprint density at radius 3 is 1.86 bits per heavy atom. The molecular formula is C20H39N. The predicted molar refractivity (Wildman–Crippen MR) is 93.8 cm³/mol. The number of hydrogen-bond donors (Lipinski definition) is 1. The van der Waals surface area contributed by atoms with Crippen LogP contribution in [-0.4, -0.2) is 12.6 Å². The van der Waals surface area contributed by atoms with Crippen LogP contribution in [0.5, 0.6) is 0 Å². The van der Waals surface area contributed by atoms with E-state index in [-0.39, 0.29) is 0 Å². The molecule has 1 nitrogen and oxygen atoms in total. The first kappa shape index (κ1) is 17.3. The highest BCUT2D eigenvalue weighted by Gasteiger charge is 2.37. The maximum absolute atomic E-state index is 3.78. The Morgan fingerprint density at radius 1 is 0.810 bits per heavy atom. The zero-order chi connectivity index (χ0) is 14.8. The van der Waals surface area contributed by atoms with Crippen LogP contribution in [0.25, 0.3) is 0 Å². The van der Waals surface area contributed by atoms with Gasteiger partial charge in [0.2, 0.25) is 0 Å². The third-order valence-electron chi connectivity index (χ3n) is 5.82. The molecule has 2 saturated carbocycles. The summed E-state index contributed by atoms with van der Waals surface area (Å²) in [5.41, 5.74) is 0.725. The van der Waals surface area contributed by atoms with E-state index in [2.05, 4.69) is 12.2 Å². The molecule has 0 aromatic heterocycles. The van der Waals surface area contributed by atoms with Crippen LogP contribution in [0.3, 0.4) is 0 Å². The van der Waals surface area contributed by atoms with Crippen molar-refractivity contribution in [1.82, 2.24) is 5.32 Å². The number of rotatable bonds is 14. The third kappa shape index (κ3) is 7.17. The van der Waals surface area contributed by atoms with Crippen LogP contribution in [0.2, 0.25) is 0 Å². The smallest absolute Gasteiger partial charge is 0.00684 e. The van der Waals surface area contributed by atoms with E-state index >= 15 is 0 Å². The minimum absolute atomic E-state index is 0.725. The van der Waals surface area contributed by atoms with E-state index in [9.17, 15) is 0 Å². The van der Waals surface area contributed by atoms with Gasteiger partial charge in [-0.3, -0.25) is 0 Å². The molecule has 0 spiro atoms. The summed E-state index contributed by atoms with van der Waals surface area (Å²) in [6.45, 7) is 3.63. The Hall–Kier alpha value is -0.0400. The van der Waals surface area contributed by atoms with Gasteiger partial charge in [-0.2, -0.15) is 0 Å². The molecule has 1 N–H and O–H groups in total. The van der Waals surface area contributed by atoms with Crippen LogP contribution in [0.15, 0.2) is 0 Å². The minimum atomic E-state index is 0.725. The summed E-state index contributed by atoms with van der Waals surface area (Å²) in [5, 5.41) is 3.78. The molecule has 0 aromatic rings. The van der Waals surface area contributed by atoms with Crippen molar-refractivity contribution in [2.45, 2.75) is 116 Å². The van der Waals surface area contributed by atoms with Crippen molar-refractivity contribution in [3.8, 4) is 0 Å². The summed E-state index contributed by atoms with van der Waals surface area (Å²) < 4.78 is 0. The van der Waals surface area contributed by atoms with Crippen LogP contribution in [0.1, 0.15) is 110 Å². The van der Waals surface area contributed by atoms with Gasteiger partial charge in [-0.15, -0.1) is 0 Å². The average Bonchev–Trinajstić information content (AvgIpc) is 3.26. The van der Waals surface area contributed by atoms with Crippen LogP contribution < -0.4 is 5.32 Å². The minimum Gasteiger partial charge on any atom is -0.313 e. The maximum Gasteiger partial charge on any atom is 0.00684 e. The Kier molecular flexibility index (Phi) is 8.14. The number of hydrogen-bond acceptors (Lipinski definition) is 1. The molecule has 0 aliphatic heterocycles. The van der Waals surface area contributed by atoms with Gasteiger partial charge in [0, 0.05) is 12.6 Å². The number of nitrogens with one attached hydrogen (secondary N) is 1.